The highest BCUT2D eigenvalue weighted by atomic mass is 16.6. The number of ether oxygens (including phenoxy) is 2. The second-order valence-corrected chi connectivity index (χ2v) is 12.6. The van der Waals surface area contributed by atoms with E-state index in [2.05, 4.69) is 50.3 Å². The summed E-state index contributed by atoms with van der Waals surface area (Å²) in [5, 5.41) is 9.56. The zero-order valence-electron chi connectivity index (χ0n) is 29.4. The molecule has 0 spiro atoms. The van der Waals surface area contributed by atoms with Crippen LogP contribution in [0.5, 0.6) is 0 Å². The van der Waals surface area contributed by atoms with Crippen molar-refractivity contribution in [1.29, 1.82) is 0 Å². The highest BCUT2D eigenvalue weighted by Crippen LogP contribution is 2.13. The first-order valence-corrected chi connectivity index (χ1v) is 19.1. The van der Waals surface area contributed by atoms with Crippen molar-refractivity contribution in [3.63, 3.8) is 0 Å². The Morgan fingerprint density at radius 3 is 1.52 bits per heavy atom. The predicted octanol–water partition coefficient (Wildman–Crippen LogP) is 12.1. The van der Waals surface area contributed by atoms with Crippen molar-refractivity contribution >= 4 is 5.97 Å². The lowest BCUT2D eigenvalue weighted by atomic mass is 10.1. The number of unbranched alkanes of at least 4 members (excludes halogenated alkanes) is 21. The van der Waals surface area contributed by atoms with Gasteiger partial charge in [-0.1, -0.05) is 153 Å². The van der Waals surface area contributed by atoms with Gasteiger partial charge in [0.2, 0.25) is 0 Å². The molecule has 0 aromatic heterocycles. The summed E-state index contributed by atoms with van der Waals surface area (Å²) in [6.45, 7) is 5.26. The minimum Gasteiger partial charge on any atom is -0.457 e. The summed E-state index contributed by atoms with van der Waals surface area (Å²) < 4.78 is 11.1. The van der Waals surface area contributed by atoms with Gasteiger partial charge < -0.3 is 14.6 Å². The number of esters is 1. The number of carbonyl (C=O) groups excluding carboxylic acids is 1. The number of carbonyl (C=O) groups is 1. The van der Waals surface area contributed by atoms with Crippen molar-refractivity contribution in [1.82, 2.24) is 0 Å². The normalized spacial score (nSPS) is 12.7. The van der Waals surface area contributed by atoms with E-state index in [4.69, 9.17) is 9.47 Å². The molecule has 0 rings (SSSR count). The van der Waals surface area contributed by atoms with Gasteiger partial charge in [0.25, 0.3) is 0 Å². The van der Waals surface area contributed by atoms with E-state index >= 15 is 0 Å². The second-order valence-electron chi connectivity index (χ2n) is 12.6. The molecule has 0 radical (unpaired) electrons. The largest absolute Gasteiger partial charge is 0.457 e. The number of hydrogen-bond donors (Lipinski definition) is 1. The van der Waals surface area contributed by atoms with Gasteiger partial charge in [-0.2, -0.15) is 0 Å². The second kappa shape index (κ2) is 37.8. The fourth-order valence-electron chi connectivity index (χ4n) is 5.30. The molecule has 0 fully saturated rings. The molecule has 0 saturated carbocycles. The Labute approximate surface area is 274 Å². The molecule has 0 aromatic carbocycles. The number of allylic oxidation sites excluding steroid dienone is 6. The van der Waals surface area contributed by atoms with Crippen molar-refractivity contribution in [2.24, 2.45) is 0 Å². The van der Waals surface area contributed by atoms with Crippen LogP contribution < -0.4 is 0 Å². The quantitative estimate of drug-likeness (QED) is 0.0436. The van der Waals surface area contributed by atoms with Crippen LogP contribution in [0.4, 0.5) is 0 Å². The lowest BCUT2D eigenvalue weighted by molar-refractivity contribution is -0.154. The van der Waals surface area contributed by atoms with Crippen LogP contribution >= 0.6 is 0 Å². The lowest BCUT2D eigenvalue weighted by Crippen LogP contribution is -2.27. The molecule has 1 N–H and O–H groups in total. The topological polar surface area (TPSA) is 55.8 Å². The van der Waals surface area contributed by atoms with Crippen LogP contribution in [0.15, 0.2) is 36.5 Å². The molecule has 44 heavy (non-hydrogen) atoms. The van der Waals surface area contributed by atoms with Gasteiger partial charge >= 0.3 is 5.97 Å². The van der Waals surface area contributed by atoms with Gasteiger partial charge in [0.05, 0.1) is 13.2 Å². The summed E-state index contributed by atoms with van der Waals surface area (Å²) in [6.07, 6.45) is 46.1. The van der Waals surface area contributed by atoms with Crippen LogP contribution in [0, 0.1) is 0 Å². The fourth-order valence-corrected chi connectivity index (χ4v) is 5.30. The first-order valence-electron chi connectivity index (χ1n) is 19.1. The standard InChI is InChI=1S/C40H74O4/c1-3-5-7-9-11-13-15-17-19-20-21-22-23-25-27-29-31-33-35-40(42)44-39(37-41)38-43-36-34-32-30-28-26-24-18-16-14-12-10-8-6-4-2/h8,10,14,16,19-20,39,41H,3-7,9,11-13,15,17-18,21-38H2,1-2H3/b10-8-,16-14-,20-19-. The molecule has 0 heterocycles. The molecule has 0 aliphatic carbocycles. The highest BCUT2D eigenvalue weighted by molar-refractivity contribution is 5.69. The average Bonchev–Trinajstić information content (AvgIpc) is 3.03. The molecule has 0 amide bonds. The maximum absolute atomic E-state index is 12.2. The molecule has 0 aliphatic heterocycles. The van der Waals surface area contributed by atoms with E-state index in [-0.39, 0.29) is 19.2 Å². The van der Waals surface area contributed by atoms with Gasteiger partial charge in [-0.05, 0) is 64.2 Å². The Balaban J connectivity index is 3.45. The van der Waals surface area contributed by atoms with E-state index in [9.17, 15) is 9.90 Å². The Hall–Kier alpha value is -1.39. The van der Waals surface area contributed by atoms with Crippen molar-refractivity contribution < 1.29 is 19.4 Å². The summed E-state index contributed by atoms with van der Waals surface area (Å²) in [5.41, 5.74) is 0. The van der Waals surface area contributed by atoms with Crippen LogP contribution in [0.2, 0.25) is 0 Å². The maximum Gasteiger partial charge on any atom is 0.306 e. The molecule has 1 atom stereocenters. The van der Waals surface area contributed by atoms with Crippen molar-refractivity contribution in [2.45, 2.75) is 193 Å². The first kappa shape index (κ1) is 42.6. The Morgan fingerprint density at radius 2 is 1.00 bits per heavy atom. The van der Waals surface area contributed by atoms with E-state index in [0.29, 0.717) is 13.0 Å². The molecule has 0 aromatic rings. The van der Waals surface area contributed by atoms with Gasteiger partial charge in [0.1, 0.15) is 6.10 Å². The molecule has 0 saturated heterocycles. The van der Waals surface area contributed by atoms with E-state index in [1.807, 2.05) is 0 Å². The first-order chi connectivity index (χ1) is 21.7. The molecule has 258 valence electrons. The third kappa shape index (κ3) is 35.1. The van der Waals surface area contributed by atoms with Gasteiger partial charge in [-0.15, -0.1) is 0 Å². The summed E-state index contributed by atoms with van der Waals surface area (Å²) >= 11 is 0. The smallest absolute Gasteiger partial charge is 0.306 e. The fraction of sp³-hybridized carbons (Fsp3) is 0.825. The summed E-state index contributed by atoms with van der Waals surface area (Å²) in [5.74, 6) is -0.210. The van der Waals surface area contributed by atoms with E-state index in [0.717, 1.165) is 32.1 Å². The minimum absolute atomic E-state index is 0.177. The SMILES string of the molecule is CCC/C=C\C/C=C\CCCCCCCCOCC(CO)OC(=O)CCCCCCCCC/C=C\CCCCCCCCC. The average molecular weight is 619 g/mol. The van der Waals surface area contributed by atoms with Crippen molar-refractivity contribution in [2.75, 3.05) is 19.8 Å². The van der Waals surface area contributed by atoms with Crippen LogP contribution in [0.1, 0.15) is 187 Å². The maximum atomic E-state index is 12.2. The summed E-state index contributed by atoms with van der Waals surface area (Å²) in [4.78, 5) is 12.2. The lowest BCUT2D eigenvalue weighted by Gasteiger charge is -2.15. The molecule has 0 bridgehead atoms. The van der Waals surface area contributed by atoms with Crippen LogP contribution in [-0.4, -0.2) is 37.0 Å². The predicted molar refractivity (Wildman–Crippen MR) is 191 cm³/mol. The summed E-state index contributed by atoms with van der Waals surface area (Å²) in [6, 6.07) is 0. The molecule has 0 aliphatic rings. The summed E-state index contributed by atoms with van der Waals surface area (Å²) in [7, 11) is 0. The molecular weight excluding hydrogens is 544 g/mol. The van der Waals surface area contributed by atoms with Gasteiger partial charge in [-0.25, -0.2) is 0 Å². The van der Waals surface area contributed by atoms with E-state index in [1.165, 1.54) is 135 Å². The third-order valence-corrected chi connectivity index (χ3v) is 8.17. The van der Waals surface area contributed by atoms with Gasteiger partial charge in [0, 0.05) is 13.0 Å². The minimum atomic E-state index is -0.540. The van der Waals surface area contributed by atoms with Crippen LogP contribution in [0.25, 0.3) is 0 Å². The Kier molecular flexibility index (Phi) is 36.6. The van der Waals surface area contributed by atoms with Gasteiger partial charge in [0.15, 0.2) is 0 Å². The van der Waals surface area contributed by atoms with Crippen LogP contribution in [0.3, 0.4) is 0 Å². The highest BCUT2D eigenvalue weighted by Gasteiger charge is 2.13. The number of aliphatic hydroxyl groups is 1. The Morgan fingerprint density at radius 1 is 0.545 bits per heavy atom. The molecular formula is C40H74O4. The third-order valence-electron chi connectivity index (χ3n) is 8.17. The molecule has 1 unspecified atom stereocenters. The van der Waals surface area contributed by atoms with Gasteiger partial charge in [-0.3, -0.25) is 4.79 Å². The number of aliphatic hydroxyl groups excluding tert-OH is 1. The number of hydrogen-bond acceptors (Lipinski definition) is 4. The zero-order chi connectivity index (χ0) is 32.0. The zero-order valence-corrected chi connectivity index (χ0v) is 29.4. The molecule has 4 nitrogen and oxygen atoms in total. The van der Waals surface area contributed by atoms with E-state index in [1.54, 1.807) is 0 Å². The van der Waals surface area contributed by atoms with Crippen LogP contribution in [-0.2, 0) is 14.3 Å². The monoisotopic (exact) mass is 619 g/mol. The Bertz CT molecular complexity index is 654. The van der Waals surface area contributed by atoms with Crippen molar-refractivity contribution in [3.05, 3.63) is 36.5 Å². The molecule has 4 heteroatoms. The number of rotatable bonds is 35. The van der Waals surface area contributed by atoms with Crippen molar-refractivity contribution in [3.8, 4) is 0 Å². The van der Waals surface area contributed by atoms with E-state index < -0.39 is 6.10 Å².